The third kappa shape index (κ3) is 2.12. The standard InChI is InChI=1S/C21H21NO4/c1-10-3-4-11(2)16(7-10)26-17(23)9-22-20(24)18-12-5-6-13(15-8-14(12)15)19(18)21(22)25/h3-7,12-15,18-19H,8-9H2,1-2H3/t12-,13+,14-,15-,18+,19-/m1/s1. The molecule has 2 amide bonds. The minimum atomic E-state index is -0.565. The van der Waals surface area contributed by atoms with Crippen LogP contribution >= 0.6 is 0 Å². The van der Waals surface area contributed by atoms with Crippen molar-refractivity contribution in [1.29, 1.82) is 0 Å². The fraction of sp³-hybridized carbons (Fsp3) is 0.476. The van der Waals surface area contributed by atoms with Crippen molar-refractivity contribution in [2.24, 2.45) is 35.5 Å². The Labute approximate surface area is 152 Å². The van der Waals surface area contributed by atoms with Crippen LogP contribution in [0.1, 0.15) is 17.5 Å². The van der Waals surface area contributed by atoms with Crippen LogP contribution in [-0.2, 0) is 14.4 Å². The molecule has 0 N–H and O–H groups in total. The van der Waals surface area contributed by atoms with Gasteiger partial charge in [-0.25, -0.2) is 4.79 Å². The van der Waals surface area contributed by atoms with Crippen molar-refractivity contribution in [3.8, 4) is 5.75 Å². The fourth-order valence-corrected chi connectivity index (χ4v) is 5.28. The third-order valence-corrected chi connectivity index (χ3v) is 6.61. The first-order chi connectivity index (χ1) is 12.5. The van der Waals surface area contributed by atoms with Gasteiger partial charge in [-0.3, -0.25) is 14.5 Å². The van der Waals surface area contributed by atoms with Gasteiger partial charge >= 0.3 is 5.97 Å². The number of aryl methyl sites for hydroxylation is 2. The summed E-state index contributed by atoms with van der Waals surface area (Å²) in [5.41, 5.74) is 1.83. The zero-order valence-electron chi connectivity index (χ0n) is 14.8. The first kappa shape index (κ1) is 15.8. The second-order valence-electron chi connectivity index (χ2n) is 8.16. The Morgan fingerprint density at radius 2 is 1.69 bits per heavy atom. The van der Waals surface area contributed by atoms with Crippen LogP contribution < -0.4 is 4.74 Å². The van der Waals surface area contributed by atoms with Crippen molar-refractivity contribution in [2.75, 3.05) is 6.54 Å². The summed E-state index contributed by atoms with van der Waals surface area (Å²) in [5.74, 6) is 0.460. The second-order valence-corrected chi connectivity index (χ2v) is 8.16. The maximum atomic E-state index is 12.9. The van der Waals surface area contributed by atoms with Gasteiger partial charge in [0, 0.05) is 0 Å². The summed E-state index contributed by atoms with van der Waals surface area (Å²) in [6.45, 7) is 3.48. The molecule has 5 aliphatic rings. The fourth-order valence-electron chi connectivity index (χ4n) is 5.28. The molecular formula is C21H21NO4. The molecule has 3 fully saturated rings. The SMILES string of the molecule is Cc1ccc(C)c(OC(=O)CN2C(=O)[C@@H]3[C@H]4C=C[C@H]([C@H]5C[C@H]45)[C@@H]3C2=O)c1. The Balaban J connectivity index is 1.34. The van der Waals surface area contributed by atoms with Gasteiger partial charge in [0.15, 0.2) is 0 Å². The number of allylic oxidation sites excluding steroid dienone is 2. The molecule has 5 heteroatoms. The van der Waals surface area contributed by atoms with Crippen molar-refractivity contribution >= 4 is 17.8 Å². The molecule has 5 nitrogen and oxygen atoms in total. The molecule has 1 heterocycles. The number of hydrogen-bond donors (Lipinski definition) is 0. The molecule has 0 radical (unpaired) electrons. The van der Waals surface area contributed by atoms with E-state index in [0.29, 0.717) is 17.6 Å². The van der Waals surface area contributed by atoms with Crippen molar-refractivity contribution in [3.05, 3.63) is 41.5 Å². The molecule has 1 aromatic carbocycles. The first-order valence-corrected chi connectivity index (χ1v) is 9.27. The molecule has 0 aromatic heterocycles. The summed E-state index contributed by atoms with van der Waals surface area (Å²) in [6.07, 6.45) is 5.39. The molecule has 26 heavy (non-hydrogen) atoms. The van der Waals surface area contributed by atoms with Gasteiger partial charge in [-0.05, 0) is 61.1 Å². The summed E-state index contributed by atoms with van der Waals surface area (Å²) >= 11 is 0. The Bertz CT molecular complexity index is 837. The number of imide groups is 1. The van der Waals surface area contributed by atoms with E-state index in [0.717, 1.165) is 22.4 Å². The van der Waals surface area contributed by atoms with Crippen molar-refractivity contribution in [3.63, 3.8) is 0 Å². The van der Waals surface area contributed by atoms with Crippen LogP contribution in [0.3, 0.4) is 0 Å². The zero-order valence-corrected chi connectivity index (χ0v) is 14.8. The number of ether oxygens (including phenoxy) is 1. The highest BCUT2D eigenvalue weighted by Crippen LogP contribution is 2.65. The Kier molecular flexibility index (Phi) is 3.21. The maximum Gasteiger partial charge on any atom is 0.331 e. The van der Waals surface area contributed by atoms with Gasteiger partial charge in [-0.15, -0.1) is 0 Å². The number of benzene rings is 1. The average molecular weight is 351 g/mol. The molecule has 0 unspecified atom stereocenters. The van der Waals surface area contributed by atoms with Crippen LogP contribution in [0, 0.1) is 49.4 Å². The van der Waals surface area contributed by atoms with Gasteiger partial charge < -0.3 is 4.74 Å². The molecule has 1 aliphatic heterocycles. The Hall–Kier alpha value is -2.43. The lowest BCUT2D eigenvalue weighted by Gasteiger charge is -2.37. The normalized spacial score (nSPS) is 36.2. The molecule has 2 saturated carbocycles. The van der Waals surface area contributed by atoms with Gasteiger partial charge in [0.05, 0.1) is 11.8 Å². The van der Waals surface area contributed by atoms with Crippen LogP contribution in [0.2, 0.25) is 0 Å². The lowest BCUT2D eigenvalue weighted by molar-refractivity contribution is -0.148. The lowest BCUT2D eigenvalue weighted by Crippen LogP contribution is -2.40. The van der Waals surface area contributed by atoms with E-state index in [4.69, 9.17) is 4.74 Å². The number of nitrogens with zero attached hydrogens (tertiary/aromatic N) is 1. The van der Waals surface area contributed by atoms with Crippen molar-refractivity contribution in [1.82, 2.24) is 4.90 Å². The van der Waals surface area contributed by atoms with Crippen molar-refractivity contribution in [2.45, 2.75) is 20.3 Å². The Morgan fingerprint density at radius 1 is 1.08 bits per heavy atom. The molecule has 0 spiro atoms. The molecule has 6 rings (SSSR count). The van der Waals surface area contributed by atoms with E-state index in [1.54, 1.807) is 6.07 Å². The minimum absolute atomic E-state index is 0.173. The molecular weight excluding hydrogens is 330 g/mol. The highest BCUT2D eigenvalue weighted by atomic mass is 16.5. The number of rotatable bonds is 3. The minimum Gasteiger partial charge on any atom is -0.425 e. The summed E-state index contributed by atoms with van der Waals surface area (Å²) in [4.78, 5) is 39.3. The van der Waals surface area contributed by atoms with Crippen LogP contribution in [0.5, 0.6) is 5.75 Å². The first-order valence-electron chi connectivity index (χ1n) is 9.27. The monoisotopic (exact) mass is 351 g/mol. The van der Waals surface area contributed by atoms with E-state index in [9.17, 15) is 14.4 Å². The van der Waals surface area contributed by atoms with Gasteiger partial charge in [-0.1, -0.05) is 24.3 Å². The van der Waals surface area contributed by atoms with E-state index >= 15 is 0 Å². The predicted octanol–water partition coefficient (Wildman–Crippen LogP) is 2.26. The number of esters is 1. The van der Waals surface area contributed by atoms with E-state index in [-0.39, 0.29) is 42.0 Å². The lowest BCUT2D eigenvalue weighted by atomic mass is 9.63. The van der Waals surface area contributed by atoms with Crippen LogP contribution in [0.15, 0.2) is 30.4 Å². The topological polar surface area (TPSA) is 63.7 Å². The van der Waals surface area contributed by atoms with E-state index in [2.05, 4.69) is 12.2 Å². The van der Waals surface area contributed by atoms with Crippen LogP contribution in [0.4, 0.5) is 0 Å². The van der Waals surface area contributed by atoms with Gasteiger partial charge in [-0.2, -0.15) is 0 Å². The maximum absolute atomic E-state index is 12.9. The van der Waals surface area contributed by atoms with Gasteiger partial charge in [0.2, 0.25) is 11.8 Å². The summed E-state index contributed by atoms with van der Waals surface area (Å²) in [5, 5.41) is 0. The molecule has 1 saturated heterocycles. The molecule has 134 valence electrons. The smallest absolute Gasteiger partial charge is 0.331 e. The highest BCUT2D eigenvalue weighted by Gasteiger charge is 2.67. The van der Waals surface area contributed by atoms with Crippen LogP contribution in [0.25, 0.3) is 0 Å². The number of carbonyl (C=O) groups excluding carboxylic acids is 3. The molecule has 2 bridgehead atoms. The Morgan fingerprint density at radius 3 is 2.31 bits per heavy atom. The molecule has 6 atom stereocenters. The molecule has 4 aliphatic carbocycles. The third-order valence-electron chi connectivity index (χ3n) is 6.61. The van der Waals surface area contributed by atoms with E-state index in [1.165, 1.54) is 0 Å². The summed E-state index contributed by atoms with van der Waals surface area (Å²) in [6, 6.07) is 5.62. The summed E-state index contributed by atoms with van der Waals surface area (Å²) < 4.78 is 5.44. The number of amides is 2. The zero-order chi connectivity index (χ0) is 18.2. The number of carbonyl (C=O) groups is 3. The second kappa shape index (κ2) is 5.29. The number of hydrogen-bond acceptors (Lipinski definition) is 4. The van der Waals surface area contributed by atoms with E-state index in [1.807, 2.05) is 26.0 Å². The average Bonchev–Trinajstić information content (AvgIpc) is 3.39. The quantitative estimate of drug-likeness (QED) is 0.363. The number of likely N-dealkylation sites (tertiary alicyclic amines) is 1. The predicted molar refractivity (Wildman–Crippen MR) is 93.0 cm³/mol. The van der Waals surface area contributed by atoms with E-state index < -0.39 is 5.97 Å². The van der Waals surface area contributed by atoms with Gasteiger partial charge in [0.1, 0.15) is 12.3 Å². The molecule has 1 aromatic rings. The largest absolute Gasteiger partial charge is 0.425 e. The highest BCUT2D eigenvalue weighted by molar-refractivity contribution is 6.08. The van der Waals surface area contributed by atoms with Crippen molar-refractivity contribution < 1.29 is 19.1 Å². The van der Waals surface area contributed by atoms with Crippen LogP contribution in [-0.4, -0.2) is 29.2 Å². The van der Waals surface area contributed by atoms with Gasteiger partial charge in [0.25, 0.3) is 0 Å². The summed E-state index contributed by atoms with van der Waals surface area (Å²) in [7, 11) is 0.